The lowest BCUT2D eigenvalue weighted by Crippen LogP contribution is -2.08. The minimum absolute atomic E-state index is 0.292. The molecule has 0 aliphatic carbocycles. The summed E-state index contributed by atoms with van der Waals surface area (Å²) in [6.45, 7) is 0. The van der Waals surface area contributed by atoms with E-state index in [9.17, 15) is 4.79 Å². The monoisotopic (exact) mass is 214 g/mol. The molecule has 74 valence electrons. The van der Waals surface area contributed by atoms with E-state index >= 15 is 0 Å². The quantitative estimate of drug-likeness (QED) is 0.667. The topological polar surface area (TPSA) is 17.1 Å². The maximum atomic E-state index is 11.9. The molecule has 2 heteroatoms. The van der Waals surface area contributed by atoms with E-state index in [0.29, 0.717) is 12.2 Å². The van der Waals surface area contributed by atoms with Crippen LogP contribution in [0.2, 0.25) is 0 Å². The van der Waals surface area contributed by atoms with Gasteiger partial charge in [-0.3, -0.25) is 4.79 Å². The first-order valence-corrected chi connectivity index (χ1v) is 6.02. The Bertz CT molecular complexity index is 545. The van der Waals surface area contributed by atoms with Gasteiger partial charge in [-0.2, -0.15) is 0 Å². The van der Waals surface area contributed by atoms with Crippen molar-refractivity contribution in [2.75, 3.05) is 5.75 Å². The molecule has 2 aromatic rings. The molecule has 0 radical (unpaired) electrons. The van der Waals surface area contributed by atoms with Gasteiger partial charge >= 0.3 is 0 Å². The molecule has 1 aliphatic rings. The summed E-state index contributed by atoms with van der Waals surface area (Å²) in [4.78, 5) is 13.0. The number of benzene rings is 2. The molecule has 0 spiro atoms. The molecule has 1 nitrogen and oxygen atoms in total. The number of Topliss-reactive ketones (excluding diaryl/α,β-unsaturated/α-hetero) is 1. The van der Waals surface area contributed by atoms with Crippen LogP contribution in [0.15, 0.2) is 41.3 Å². The minimum Gasteiger partial charge on any atom is -0.294 e. The molecular formula is C13H10OS. The number of hydrogen-bond donors (Lipinski definition) is 0. The highest BCUT2D eigenvalue weighted by molar-refractivity contribution is 7.99. The Kier molecular flexibility index (Phi) is 2.03. The van der Waals surface area contributed by atoms with Crippen molar-refractivity contribution >= 4 is 28.3 Å². The molecule has 0 unspecified atom stereocenters. The van der Waals surface area contributed by atoms with Crippen molar-refractivity contribution in [3.8, 4) is 0 Å². The predicted octanol–water partition coefficient (Wildman–Crippen LogP) is 3.52. The maximum Gasteiger partial charge on any atom is 0.165 e. The Morgan fingerprint density at radius 2 is 1.93 bits per heavy atom. The Morgan fingerprint density at radius 1 is 1.07 bits per heavy atom. The van der Waals surface area contributed by atoms with Crippen molar-refractivity contribution in [1.82, 2.24) is 0 Å². The highest BCUT2D eigenvalue weighted by atomic mass is 32.2. The molecule has 1 aliphatic heterocycles. The van der Waals surface area contributed by atoms with Crippen molar-refractivity contribution in [2.45, 2.75) is 11.3 Å². The molecule has 0 saturated carbocycles. The van der Waals surface area contributed by atoms with Gasteiger partial charge in [-0.1, -0.05) is 30.3 Å². The maximum absolute atomic E-state index is 11.9. The molecule has 0 atom stereocenters. The van der Waals surface area contributed by atoms with E-state index in [1.165, 1.54) is 0 Å². The summed E-state index contributed by atoms with van der Waals surface area (Å²) in [5.41, 5.74) is 0.935. The molecular weight excluding hydrogens is 204 g/mol. The van der Waals surface area contributed by atoms with Crippen LogP contribution >= 0.6 is 11.8 Å². The molecule has 0 aromatic heterocycles. The van der Waals surface area contributed by atoms with Crippen molar-refractivity contribution in [3.05, 3.63) is 42.0 Å². The number of thioether (sulfide) groups is 1. The zero-order valence-electron chi connectivity index (χ0n) is 8.19. The molecule has 0 saturated heterocycles. The zero-order valence-corrected chi connectivity index (χ0v) is 9.01. The second kappa shape index (κ2) is 3.38. The molecule has 1 heterocycles. The van der Waals surface area contributed by atoms with E-state index in [4.69, 9.17) is 0 Å². The van der Waals surface area contributed by atoms with Crippen LogP contribution in [0.4, 0.5) is 0 Å². The smallest absolute Gasteiger partial charge is 0.165 e. The molecule has 2 aromatic carbocycles. The lowest BCUT2D eigenvalue weighted by atomic mass is 10.00. The molecule has 0 N–H and O–H groups in total. The fraction of sp³-hybridized carbons (Fsp3) is 0.154. The lowest BCUT2D eigenvalue weighted by molar-refractivity contribution is 0.0986. The van der Waals surface area contributed by atoms with Gasteiger partial charge in [0, 0.05) is 22.6 Å². The Labute approximate surface area is 92.5 Å². The van der Waals surface area contributed by atoms with Crippen LogP contribution < -0.4 is 0 Å². The average molecular weight is 214 g/mol. The van der Waals surface area contributed by atoms with Crippen molar-refractivity contribution in [3.63, 3.8) is 0 Å². The third kappa shape index (κ3) is 1.37. The summed E-state index contributed by atoms with van der Waals surface area (Å²) in [5.74, 6) is 1.21. The van der Waals surface area contributed by atoms with E-state index < -0.39 is 0 Å². The van der Waals surface area contributed by atoms with E-state index in [2.05, 4.69) is 18.2 Å². The van der Waals surface area contributed by atoms with E-state index in [1.807, 2.05) is 18.2 Å². The molecule has 15 heavy (non-hydrogen) atoms. The minimum atomic E-state index is 0.292. The van der Waals surface area contributed by atoms with Gasteiger partial charge in [0.1, 0.15) is 0 Å². The first-order chi connectivity index (χ1) is 7.36. The second-order valence-electron chi connectivity index (χ2n) is 3.68. The van der Waals surface area contributed by atoms with Crippen molar-refractivity contribution in [2.24, 2.45) is 0 Å². The highest BCUT2D eigenvalue weighted by Gasteiger charge is 2.19. The number of carbonyl (C=O) groups is 1. The number of carbonyl (C=O) groups excluding carboxylic acids is 1. The molecule has 0 bridgehead atoms. The molecule has 0 fully saturated rings. The van der Waals surface area contributed by atoms with Crippen LogP contribution in [-0.4, -0.2) is 11.5 Å². The molecule has 3 rings (SSSR count). The van der Waals surface area contributed by atoms with Gasteiger partial charge in [0.15, 0.2) is 5.78 Å². The predicted molar refractivity (Wildman–Crippen MR) is 63.6 cm³/mol. The van der Waals surface area contributed by atoms with Gasteiger partial charge in [0.25, 0.3) is 0 Å². The van der Waals surface area contributed by atoms with E-state index in [1.54, 1.807) is 11.8 Å². The van der Waals surface area contributed by atoms with Crippen LogP contribution in [0.1, 0.15) is 16.8 Å². The summed E-state index contributed by atoms with van der Waals surface area (Å²) < 4.78 is 0. The lowest BCUT2D eigenvalue weighted by Gasteiger charge is -2.16. The van der Waals surface area contributed by atoms with Crippen LogP contribution in [0, 0.1) is 0 Å². The third-order valence-corrected chi connectivity index (χ3v) is 3.82. The number of hydrogen-bond acceptors (Lipinski definition) is 2. The summed E-state index contributed by atoms with van der Waals surface area (Å²) in [7, 11) is 0. The van der Waals surface area contributed by atoms with Crippen LogP contribution in [-0.2, 0) is 0 Å². The summed E-state index contributed by atoms with van der Waals surface area (Å²) in [6, 6.07) is 12.3. The SMILES string of the molecule is O=C1CCSc2ccc3ccccc3c21. The van der Waals surface area contributed by atoms with Crippen LogP contribution in [0.25, 0.3) is 10.8 Å². The second-order valence-corrected chi connectivity index (χ2v) is 4.82. The highest BCUT2D eigenvalue weighted by Crippen LogP contribution is 2.34. The first kappa shape index (κ1) is 8.98. The fourth-order valence-corrected chi connectivity index (χ4v) is 3.08. The van der Waals surface area contributed by atoms with Crippen LogP contribution in [0.5, 0.6) is 0 Å². The van der Waals surface area contributed by atoms with Crippen molar-refractivity contribution in [1.29, 1.82) is 0 Å². The average Bonchev–Trinajstić information content (AvgIpc) is 2.29. The van der Waals surface area contributed by atoms with Gasteiger partial charge in [-0.15, -0.1) is 11.8 Å². The van der Waals surface area contributed by atoms with Gasteiger partial charge in [0.2, 0.25) is 0 Å². The fourth-order valence-electron chi connectivity index (χ4n) is 2.04. The normalized spacial score (nSPS) is 15.3. The third-order valence-electron chi connectivity index (χ3n) is 2.76. The summed E-state index contributed by atoms with van der Waals surface area (Å²) in [5, 5.41) is 2.26. The summed E-state index contributed by atoms with van der Waals surface area (Å²) >= 11 is 1.79. The summed E-state index contributed by atoms with van der Waals surface area (Å²) in [6.07, 6.45) is 0.672. The van der Waals surface area contributed by atoms with E-state index in [0.717, 1.165) is 27.0 Å². The van der Waals surface area contributed by atoms with Crippen LogP contribution in [0.3, 0.4) is 0 Å². The first-order valence-electron chi connectivity index (χ1n) is 5.04. The standard InChI is InChI=1S/C13H10OS/c14-11-7-8-15-12-6-5-9-3-1-2-4-10(9)13(11)12/h1-6H,7-8H2. The van der Waals surface area contributed by atoms with Gasteiger partial charge in [-0.05, 0) is 16.8 Å². The van der Waals surface area contributed by atoms with Gasteiger partial charge < -0.3 is 0 Å². The Hall–Kier alpha value is -1.28. The van der Waals surface area contributed by atoms with Crippen molar-refractivity contribution < 1.29 is 4.79 Å². The Morgan fingerprint density at radius 3 is 2.87 bits per heavy atom. The van der Waals surface area contributed by atoms with E-state index in [-0.39, 0.29) is 0 Å². The Balaban J connectivity index is 2.40. The molecule has 0 amide bonds. The number of ketones is 1. The number of fused-ring (bicyclic) bond motifs is 3. The van der Waals surface area contributed by atoms with Gasteiger partial charge in [-0.25, -0.2) is 0 Å². The zero-order chi connectivity index (χ0) is 10.3. The largest absolute Gasteiger partial charge is 0.294 e. The number of rotatable bonds is 0. The van der Waals surface area contributed by atoms with Gasteiger partial charge in [0.05, 0.1) is 0 Å².